The Kier molecular flexibility index (Phi) is 9.12. The van der Waals surface area contributed by atoms with Crippen molar-refractivity contribution in [1.29, 1.82) is 0 Å². The van der Waals surface area contributed by atoms with Crippen molar-refractivity contribution >= 4 is 0 Å². The van der Waals surface area contributed by atoms with Crippen molar-refractivity contribution in [3.8, 4) is 0 Å². The first kappa shape index (κ1) is 14.5. The van der Waals surface area contributed by atoms with Crippen LogP contribution in [-0.4, -0.2) is 0 Å². The molecule has 1 fully saturated rings. The van der Waals surface area contributed by atoms with Crippen LogP contribution in [0.1, 0.15) is 53.9 Å². The predicted octanol–water partition coefficient (Wildman–Crippen LogP) is 4.26. The van der Waals surface area contributed by atoms with Gasteiger partial charge in [-0.15, -0.1) is 0 Å². The van der Waals surface area contributed by atoms with E-state index in [0.29, 0.717) is 0 Å². The van der Waals surface area contributed by atoms with E-state index in [0.717, 1.165) is 17.8 Å². The molecular formula is C11H25F. The maximum Gasteiger partial charge on any atom is -0.0388 e. The third-order valence-electron chi connectivity index (χ3n) is 2.68. The molecule has 0 radical (unpaired) electrons. The van der Waals surface area contributed by atoms with E-state index in [1.807, 2.05) is 13.8 Å². The van der Waals surface area contributed by atoms with Gasteiger partial charge in [0, 0.05) is 0 Å². The average Bonchev–Trinajstić information content (AvgIpc) is 2.40. The van der Waals surface area contributed by atoms with Gasteiger partial charge in [0.2, 0.25) is 0 Å². The lowest BCUT2D eigenvalue weighted by Gasteiger charge is -2.12. The topological polar surface area (TPSA) is 0 Å². The van der Waals surface area contributed by atoms with Crippen LogP contribution in [0.5, 0.6) is 0 Å². The van der Waals surface area contributed by atoms with Crippen molar-refractivity contribution in [2.45, 2.75) is 53.9 Å². The summed E-state index contributed by atoms with van der Waals surface area (Å²) >= 11 is 0. The molecule has 12 heavy (non-hydrogen) atoms. The van der Waals surface area contributed by atoms with E-state index in [4.69, 9.17) is 0 Å². The molecule has 0 aromatic heterocycles. The molecule has 0 aromatic rings. The Bertz CT molecular complexity index is 89.0. The molecule has 1 aliphatic carbocycles. The number of rotatable bonds is 1. The lowest BCUT2D eigenvalue weighted by Crippen LogP contribution is -2.02. The largest absolute Gasteiger partial charge is 0.269 e. The fourth-order valence-corrected chi connectivity index (χ4v) is 1.86. The molecule has 1 saturated carbocycles. The first-order chi connectivity index (χ1) is 5.20. The summed E-state index contributed by atoms with van der Waals surface area (Å²) in [7, 11) is 0. The van der Waals surface area contributed by atoms with E-state index in [2.05, 4.69) is 20.8 Å². The number of hydrogen-bond acceptors (Lipinski definition) is 0. The Morgan fingerprint density at radius 2 is 1.58 bits per heavy atom. The van der Waals surface area contributed by atoms with E-state index < -0.39 is 0 Å². The minimum atomic E-state index is 0. The summed E-state index contributed by atoms with van der Waals surface area (Å²) in [6.45, 7) is 11.1. The molecule has 0 unspecified atom stereocenters. The Balaban J connectivity index is 0. The van der Waals surface area contributed by atoms with Crippen molar-refractivity contribution in [3.05, 3.63) is 0 Å². The smallest absolute Gasteiger partial charge is 0.0388 e. The van der Waals surface area contributed by atoms with Crippen LogP contribution in [-0.2, 0) is 0 Å². The minimum absolute atomic E-state index is 0. The summed E-state index contributed by atoms with van der Waals surface area (Å²) in [4.78, 5) is 0. The van der Waals surface area contributed by atoms with Crippen molar-refractivity contribution in [2.24, 2.45) is 17.8 Å². The van der Waals surface area contributed by atoms with E-state index in [-0.39, 0.29) is 4.70 Å². The lowest BCUT2D eigenvalue weighted by atomic mass is 9.94. The van der Waals surface area contributed by atoms with Gasteiger partial charge in [-0.05, 0) is 30.6 Å². The molecule has 0 nitrogen and oxygen atoms in total. The summed E-state index contributed by atoms with van der Waals surface area (Å²) in [5, 5.41) is 0. The van der Waals surface area contributed by atoms with Crippen LogP contribution in [0, 0.1) is 17.8 Å². The zero-order valence-electron chi connectivity index (χ0n) is 9.26. The van der Waals surface area contributed by atoms with Crippen LogP contribution in [0.15, 0.2) is 0 Å². The second kappa shape index (κ2) is 7.57. The Hall–Kier alpha value is -0.0700. The molecule has 1 heteroatoms. The maximum absolute atomic E-state index is 2.38. The highest BCUT2D eigenvalue weighted by molar-refractivity contribution is 4.74. The van der Waals surface area contributed by atoms with Crippen molar-refractivity contribution < 1.29 is 4.70 Å². The second-order valence-corrected chi connectivity index (χ2v) is 3.92. The maximum atomic E-state index is 2.38. The highest BCUT2D eigenvalue weighted by atomic mass is 19.0. The summed E-state index contributed by atoms with van der Waals surface area (Å²) in [6.07, 6.45) is 4.44. The van der Waals surface area contributed by atoms with Gasteiger partial charge in [-0.1, -0.05) is 41.0 Å². The molecule has 0 N–H and O–H groups in total. The van der Waals surface area contributed by atoms with Crippen LogP contribution >= 0.6 is 0 Å². The molecule has 2 atom stereocenters. The molecule has 0 aromatic carbocycles. The number of halogens is 1. The van der Waals surface area contributed by atoms with Gasteiger partial charge in [-0.2, -0.15) is 0 Å². The van der Waals surface area contributed by atoms with Gasteiger partial charge in [-0.25, -0.2) is 0 Å². The Morgan fingerprint density at radius 1 is 1.08 bits per heavy atom. The summed E-state index contributed by atoms with van der Waals surface area (Å²) in [5.41, 5.74) is 0. The third kappa shape index (κ3) is 4.74. The molecule has 1 rings (SSSR count). The molecule has 0 spiro atoms. The fourth-order valence-electron chi connectivity index (χ4n) is 1.86. The average molecular weight is 176 g/mol. The zero-order chi connectivity index (χ0) is 8.85. The highest BCUT2D eigenvalue weighted by Crippen LogP contribution is 2.34. The van der Waals surface area contributed by atoms with Gasteiger partial charge in [0.25, 0.3) is 0 Å². The molecule has 0 heterocycles. The van der Waals surface area contributed by atoms with Crippen molar-refractivity contribution in [3.63, 3.8) is 0 Å². The monoisotopic (exact) mass is 176 g/mol. The molecular weight excluding hydrogens is 151 g/mol. The van der Waals surface area contributed by atoms with Crippen LogP contribution in [0.3, 0.4) is 0 Å². The summed E-state index contributed by atoms with van der Waals surface area (Å²) in [5.74, 6) is 2.98. The Labute approximate surface area is 77.1 Å². The van der Waals surface area contributed by atoms with Gasteiger partial charge in [0.15, 0.2) is 0 Å². The standard InChI is InChI=1S/C9H18.C2H6.FH/c1-7(2)9-5-4-8(3)6-9;1-2;/h7-9H,4-6H2,1-3H3;1-2H3;1H/t8-,9+;;/m0../s1. The van der Waals surface area contributed by atoms with Crippen LogP contribution < -0.4 is 0 Å². The van der Waals surface area contributed by atoms with Crippen molar-refractivity contribution in [1.82, 2.24) is 0 Å². The summed E-state index contributed by atoms with van der Waals surface area (Å²) in [6, 6.07) is 0. The zero-order valence-corrected chi connectivity index (χ0v) is 9.26. The van der Waals surface area contributed by atoms with Gasteiger partial charge >= 0.3 is 0 Å². The van der Waals surface area contributed by atoms with E-state index in [9.17, 15) is 0 Å². The SMILES string of the molecule is CC.CC(C)[C@@H]1CC[C@H](C)C1.F. The van der Waals surface area contributed by atoms with Gasteiger partial charge < -0.3 is 0 Å². The molecule has 1 aliphatic rings. The lowest BCUT2D eigenvalue weighted by molar-refractivity contribution is 0.384. The van der Waals surface area contributed by atoms with E-state index in [1.54, 1.807) is 0 Å². The second-order valence-electron chi connectivity index (χ2n) is 3.92. The molecule has 0 saturated heterocycles. The normalized spacial score (nSPS) is 27.5. The molecule has 0 bridgehead atoms. The third-order valence-corrected chi connectivity index (χ3v) is 2.68. The molecule has 0 amide bonds. The highest BCUT2D eigenvalue weighted by Gasteiger charge is 2.23. The van der Waals surface area contributed by atoms with Gasteiger partial charge in [0.05, 0.1) is 0 Å². The van der Waals surface area contributed by atoms with Crippen LogP contribution in [0.4, 0.5) is 4.70 Å². The predicted molar refractivity (Wildman–Crippen MR) is 55.2 cm³/mol. The van der Waals surface area contributed by atoms with Crippen molar-refractivity contribution in [2.75, 3.05) is 0 Å². The number of hydrogen-bond donors (Lipinski definition) is 0. The van der Waals surface area contributed by atoms with E-state index in [1.165, 1.54) is 19.3 Å². The van der Waals surface area contributed by atoms with E-state index >= 15 is 0 Å². The summed E-state index contributed by atoms with van der Waals surface area (Å²) < 4.78 is 0. The fraction of sp³-hybridized carbons (Fsp3) is 1.00. The van der Waals surface area contributed by atoms with Crippen LogP contribution in [0.2, 0.25) is 0 Å². The van der Waals surface area contributed by atoms with Crippen LogP contribution in [0.25, 0.3) is 0 Å². The van der Waals surface area contributed by atoms with Gasteiger partial charge in [0.1, 0.15) is 0 Å². The van der Waals surface area contributed by atoms with Gasteiger partial charge in [-0.3, -0.25) is 4.70 Å². The first-order valence-electron chi connectivity index (χ1n) is 5.20. The first-order valence-corrected chi connectivity index (χ1v) is 5.20. The minimum Gasteiger partial charge on any atom is -0.269 e. The quantitative estimate of drug-likeness (QED) is 0.560. The molecule has 76 valence electrons. The molecule has 0 aliphatic heterocycles. The Morgan fingerprint density at radius 3 is 1.75 bits per heavy atom.